The van der Waals surface area contributed by atoms with Gasteiger partial charge < -0.3 is 42.4 Å². The molecule has 0 spiro atoms. The van der Waals surface area contributed by atoms with Crippen LogP contribution in [0.3, 0.4) is 0 Å². The highest BCUT2D eigenvalue weighted by atomic mass is 35.5. The minimum Gasteiger partial charge on any atom is -1.00 e. The predicted molar refractivity (Wildman–Crippen MR) is 71.6 cm³/mol. The minimum atomic E-state index is 0. The van der Waals surface area contributed by atoms with Crippen LogP contribution in [0.1, 0.15) is 0 Å². The lowest BCUT2D eigenvalue weighted by molar-refractivity contribution is -0.928. The van der Waals surface area contributed by atoms with Crippen LogP contribution in [0.5, 0.6) is 0 Å². The molecule has 0 aromatic rings. The molecule has 124 valence electrons. The maximum Gasteiger partial charge on any atom is 0.102 e. The Bertz CT molecular complexity index is 189. The first kappa shape index (κ1) is 22.3. The van der Waals surface area contributed by atoms with Crippen molar-refractivity contribution < 1.29 is 42.4 Å². The maximum absolute atomic E-state index is 9.15. The molecule has 0 saturated heterocycles. The number of nitrogens with zero attached hydrogens (tertiary/aromatic N) is 2. The number of aliphatic hydroxyl groups excluding tert-OH is 5. The molecule has 0 aliphatic heterocycles. The molecule has 0 unspecified atom stereocenters. The molecule has 8 heteroatoms. The van der Waals surface area contributed by atoms with Gasteiger partial charge in [0.05, 0.1) is 39.6 Å². The van der Waals surface area contributed by atoms with Gasteiger partial charge in [0, 0.05) is 19.6 Å². The van der Waals surface area contributed by atoms with E-state index >= 15 is 0 Å². The first-order valence-corrected chi connectivity index (χ1v) is 6.79. The van der Waals surface area contributed by atoms with E-state index in [1.807, 2.05) is 4.90 Å². The molecule has 0 bridgehead atoms. The molecule has 0 atom stereocenters. The highest BCUT2D eigenvalue weighted by Crippen LogP contribution is 2.06. The van der Waals surface area contributed by atoms with Crippen molar-refractivity contribution in [1.29, 1.82) is 0 Å². The third-order valence-electron chi connectivity index (χ3n) is 3.45. The van der Waals surface area contributed by atoms with E-state index in [9.17, 15) is 0 Å². The molecule has 0 amide bonds. The summed E-state index contributed by atoms with van der Waals surface area (Å²) in [7, 11) is 0. The Morgan fingerprint density at radius 1 is 0.550 bits per heavy atom. The number of hydrogen-bond donors (Lipinski definition) is 5. The van der Waals surface area contributed by atoms with Crippen molar-refractivity contribution in [1.82, 2.24) is 4.90 Å². The lowest BCUT2D eigenvalue weighted by Crippen LogP contribution is -3.00. The monoisotopic (exact) mass is 316 g/mol. The van der Waals surface area contributed by atoms with E-state index in [1.165, 1.54) is 0 Å². The average molecular weight is 317 g/mol. The van der Waals surface area contributed by atoms with Crippen LogP contribution in [0, 0.1) is 0 Å². The zero-order valence-corrected chi connectivity index (χ0v) is 12.7. The standard InChI is InChI=1S/C12H29N2O5.ClH/c15-8-2-13(3-9-16)1-4-14(5-10-17,6-11-18)7-12-19;/h15-19H,1-12H2;1H/q+1;/p-1. The summed E-state index contributed by atoms with van der Waals surface area (Å²) < 4.78 is 0.441. The van der Waals surface area contributed by atoms with Crippen molar-refractivity contribution >= 4 is 0 Å². The van der Waals surface area contributed by atoms with Crippen LogP contribution in [-0.2, 0) is 0 Å². The molecule has 0 radical (unpaired) electrons. The number of halogens is 1. The number of rotatable bonds is 13. The van der Waals surface area contributed by atoms with E-state index in [-0.39, 0.29) is 45.4 Å². The van der Waals surface area contributed by atoms with Crippen molar-refractivity contribution in [2.45, 2.75) is 0 Å². The van der Waals surface area contributed by atoms with Crippen LogP contribution >= 0.6 is 0 Å². The minimum absolute atomic E-state index is 0. The van der Waals surface area contributed by atoms with Gasteiger partial charge in [-0.15, -0.1) is 0 Å². The molecule has 0 saturated carbocycles. The normalized spacial score (nSPS) is 11.7. The Hall–Kier alpha value is 0.01000. The van der Waals surface area contributed by atoms with E-state index in [0.717, 1.165) is 0 Å². The molecular weight excluding hydrogens is 288 g/mol. The fourth-order valence-corrected chi connectivity index (χ4v) is 2.28. The summed E-state index contributed by atoms with van der Waals surface area (Å²) in [6.07, 6.45) is 0. The van der Waals surface area contributed by atoms with E-state index < -0.39 is 0 Å². The third kappa shape index (κ3) is 9.04. The Kier molecular flexibility index (Phi) is 15.6. The van der Waals surface area contributed by atoms with Crippen LogP contribution in [0.15, 0.2) is 0 Å². The second kappa shape index (κ2) is 14.0. The van der Waals surface area contributed by atoms with Gasteiger partial charge in [-0.25, -0.2) is 0 Å². The van der Waals surface area contributed by atoms with Crippen LogP contribution in [0.4, 0.5) is 0 Å². The van der Waals surface area contributed by atoms with Gasteiger partial charge in [-0.2, -0.15) is 0 Å². The predicted octanol–water partition coefficient (Wildman–Crippen LogP) is -5.93. The fraction of sp³-hybridized carbons (Fsp3) is 1.00. The molecule has 0 aromatic heterocycles. The highest BCUT2D eigenvalue weighted by molar-refractivity contribution is 4.57. The molecule has 0 aliphatic carbocycles. The van der Waals surface area contributed by atoms with E-state index in [4.69, 9.17) is 25.5 Å². The molecule has 5 N–H and O–H groups in total. The Labute approximate surface area is 127 Å². The zero-order chi connectivity index (χ0) is 14.6. The van der Waals surface area contributed by atoms with Crippen molar-refractivity contribution in [3.05, 3.63) is 0 Å². The van der Waals surface area contributed by atoms with Crippen molar-refractivity contribution in [3.63, 3.8) is 0 Å². The summed E-state index contributed by atoms with van der Waals surface area (Å²) in [6.45, 7) is 3.76. The summed E-state index contributed by atoms with van der Waals surface area (Å²) in [5, 5.41) is 45.4. The molecule has 0 aromatic carbocycles. The van der Waals surface area contributed by atoms with Gasteiger partial charge in [0.25, 0.3) is 0 Å². The number of quaternary nitrogens is 1. The summed E-state index contributed by atoms with van der Waals surface area (Å²) in [4.78, 5) is 1.93. The van der Waals surface area contributed by atoms with Crippen molar-refractivity contribution in [3.8, 4) is 0 Å². The van der Waals surface area contributed by atoms with Gasteiger partial charge in [-0.1, -0.05) is 0 Å². The van der Waals surface area contributed by atoms with Crippen molar-refractivity contribution in [2.75, 3.05) is 78.8 Å². The molecule has 7 nitrogen and oxygen atoms in total. The molecule has 0 rings (SSSR count). The zero-order valence-electron chi connectivity index (χ0n) is 12.0. The van der Waals surface area contributed by atoms with Gasteiger partial charge >= 0.3 is 0 Å². The summed E-state index contributed by atoms with van der Waals surface area (Å²) in [5.74, 6) is 0. The van der Waals surface area contributed by atoms with Gasteiger partial charge in [0.15, 0.2) is 0 Å². The van der Waals surface area contributed by atoms with Gasteiger partial charge in [-0.05, 0) is 0 Å². The molecule has 0 fully saturated rings. The lowest BCUT2D eigenvalue weighted by atomic mass is 10.3. The van der Waals surface area contributed by atoms with Crippen LogP contribution < -0.4 is 12.4 Å². The average Bonchev–Trinajstić information content (AvgIpc) is 2.37. The smallest absolute Gasteiger partial charge is 0.102 e. The second-order valence-electron chi connectivity index (χ2n) is 4.70. The summed E-state index contributed by atoms with van der Waals surface area (Å²) >= 11 is 0. The Morgan fingerprint density at radius 2 is 0.950 bits per heavy atom. The van der Waals surface area contributed by atoms with Gasteiger partial charge in [0.2, 0.25) is 0 Å². The topological polar surface area (TPSA) is 104 Å². The molecular formula is C12H29ClN2O5. The first-order chi connectivity index (χ1) is 9.17. The van der Waals surface area contributed by atoms with Crippen LogP contribution in [-0.4, -0.2) is 114 Å². The second-order valence-corrected chi connectivity index (χ2v) is 4.70. The highest BCUT2D eigenvalue weighted by Gasteiger charge is 2.26. The Balaban J connectivity index is 0. The van der Waals surface area contributed by atoms with Crippen LogP contribution in [0.2, 0.25) is 0 Å². The van der Waals surface area contributed by atoms with E-state index in [1.54, 1.807) is 0 Å². The van der Waals surface area contributed by atoms with Gasteiger partial charge in [0.1, 0.15) is 19.6 Å². The maximum atomic E-state index is 9.15. The first-order valence-electron chi connectivity index (χ1n) is 6.79. The van der Waals surface area contributed by atoms with E-state index in [0.29, 0.717) is 50.3 Å². The van der Waals surface area contributed by atoms with Crippen molar-refractivity contribution in [2.24, 2.45) is 0 Å². The third-order valence-corrected chi connectivity index (χ3v) is 3.45. The summed E-state index contributed by atoms with van der Waals surface area (Å²) in [5.41, 5.74) is 0. The van der Waals surface area contributed by atoms with Crippen LogP contribution in [0.25, 0.3) is 0 Å². The number of aliphatic hydroxyl groups is 5. The Morgan fingerprint density at radius 3 is 1.25 bits per heavy atom. The summed E-state index contributed by atoms with van der Waals surface area (Å²) in [6, 6.07) is 0. The lowest BCUT2D eigenvalue weighted by Gasteiger charge is -2.38. The molecule has 20 heavy (non-hydrogen) atoms. The number of hydrogen-bond acceptors (Lipinski definition) is 6. The largest absolute Gasteiger partial charge is 1.00 e. The quantitative estimate of drug-likeness (QED) is 0.217. The molecule has 0 aliphatic rings. The van der Waals surface area contributed by atoms with Gasteiger partial charge in [-0.3, -0.25) is 4.90 Å². The SMILES string of the molecule is OCCN(CCO)CC[N+](CCO)(CCO)CCO.[Cl-]. The van der Waals surface area contributed by atoms with E-state index in [2.05, 4.69) is 0 Å². The molecule has 0 heterocycles. The fourth-order valence-electron chi connectivity index (χ4n) is 2.28.